The van der Waals surface area contributed by atoms with E-state index in [1.54, 1.807) is 0 Å². The number of esters is 2. The van der Waals surface area contributed by atoms with Crippen LogP contribution in [0.15, 0.2) is 12.1 Å². The van der Waals surface area contributed by atoms with Crippen LogP contribution in [-0.2, 0) is 4.74 Å². The molecule has 4 N–H and O–H groups in total. The van der Waals surface area contributed by atoms with E-state index in [2.05, 4.69) is 4.74 Å². The van der Waals surface area contributed by atoms with Crippen LogP contribution in [0.5, 0.6) is 0 Å². The Hall–Kier alpha value is -1.64. The number of carbonyl (C=O) groups is 2. The number of rotatable bonds is 2. The van der Waals surface area contributed by atoms with Gasteiger partial charge in [-0.3, -0.25) is 0 Å². The summed E-state index contributed by atoms with van der Waals surface area (Å²) >= 11 is 3.64. The molecule has 2 aromatic rings. The third kappa shape index (κ3) is 3.65. The van der Waals surface area contributed by atoms with Crippen molar-refractivity contribution in [2.75, 3.05) is 11.5 Å². The first kappa shape index (κ1) is 19.7. The van der Waals surface area contributed by atoms with Crippen molar-refractivity contribution in [2.45, 2.75) is 0 Å². The lowest BCUT2D eigenvalue weighted by atomic mass is 10.1. The van der Waals surface area contributed by atoms with Crippen molar-refractivity contribution in [2.24, 2.45) is 0 Å². The van der Waals surface area contributed by atoms with Crippen LogP contribution < -0.4 is 11.5 Å². The maximum atomic E-state index is 13.7. The van der Waals surface area contributed by atoms with Crippen molar-refractivity contribution in [3.8, 4) is 0 Å². The van der Waals surface area contributed by atoms with E-state index in [1.165, 1.54) is 12.1 Å². The smallest absolute Gasteiger partial charge is 0.352 e. The quantitative estimate of drug-likeness (QED) is 0.142. The summed E-state index contributed by atoms with van der Waals surface area (Å²) in [6.45, 7) is 0. The molecule has 0 bridgehead atoms. The Morgan fingerprint density at radius 1 is 0.800 bits per heavy atom. The fraction of sp³-hybridized carbons (Fsp3) is 0. The third-order valence-electron chi connectivity index (χ3n) is 3.00. The second kappa shape index (κ2) is 7.31. The van der Waals surface area contributed by atoms with Gasteiger partial charge in [0.25, 0.3) is 0 Å². The Morgan fingerprint density at radius 3 is 1.68 bits per heavy atom. The molecule has 132 valence electrons. The van der Waals surface area contributed by atoms with Gasteiger partial charge < -0.3 is 16.2 Å². The van der Waals surface area contributed by atoms with Crippen molar-refractivity contribution in [1.29, 1.82) is 0 Å². The van der Waals surface area contributed by atoms with Gasteiger partial charge in [0.1, 0.15) is 11.3 Å². The highest BCUT2D eigenvalue weighted by Gasteiger charge is 2.31. The number of hydrogen-bond acceptors (Lipinski definition) is 5. The molecule has 11 heteroatoms. The molecule has 0 aliphatic carbocycles. The van der Waals surface area contributed by atoms with E-state index in [-0.39, 0.29) is 5.56 Å². The predicted octanol–water partition coefficient (Wildman–Crippen LogP) is 3.61. The first-order chi connectivity index (χ1) is 11.6. The highest BCUT2D eigenvalue weighted by atomic mass is 127. The van der Waals surface area contributed by atoms with E-state index >= 15 is 0 Å². The zero-order valence-corrected chi connectivity index (χ0v) is 16.1. The molecule has 0 spiro atoms. The van der Waals surface area contributed by atoms with Crippen LogP contribution in [0.4, 0.5) is 28.9 Å². The number of ether oxygens (including phenoxy) is 1. The van der Waals surface area contributed by atoms with Crippen molar-refractivity contribution < 1.29 is 31.9 Å². The van der Waals surface area contributed by atoms with E-state index < -0.39 is 46.5 Å². The summed E-state index contributed by atoms with van der Waals surface area (Å²) in [5.41, 5.74) is 7.64. The highest BCUT2D eigenvalue weighted by Crippen LogP contribution is 2.27. The van der Waals surface area contributed by atoms with Gasteiger partial charge in [0.2, 0.25) is 0 Å². The lowest BCUT2D eigenvalue weighted by Crippen LogP contribution is -2.19. The van der Waals surface area contributed by atoms with Crippen LogP contribution in [0, 0.1) is 30.4 Å². The van der Waals surface area contributed by atoms with Crippen LogP contribution in [0.1, 0.15) is 20.7 Å². The summed E-state index contributed by atoms with van der Waals surface area (Å²) in [6.07, 6.45) is 0. The van der Waals surface area contributed by atoms with Crippen LogP contribution in [0.3, 0.4) is 0 Å². The van der Waals surface area contributed by atoms with Gasteiger partial charge in [-0.15, -0.1) is 0 Å². The summed E-state index contributed by atoms with van der Waals surface area (Å²) in [5, 5.41) is 0. The molecule has 0 unspecified atom stereocenters. The van der Waals surface area contributed by atoms with Crippen molar-refractivity contribution >= 4 is 68.5 Å². The minimum atomic E-state index is -2.06. The Bertz CT molecular complexity index is 869. The number of nitrogens with two attached hydrogens (primary N) is 2. The van der Waals surface area contributed by atoms with Crippen LogP contribution >= 0.6 is 45.2 Å². The van der Waals surface area contributed by atoms with Crippen LogP contribution in [0.2, 0.25) is 0 Å². The second-order valence-electron chi connectivity index (χ2n) is 4.58. The van der Waals surface area contributed by atoms with Gasteiger partial charge in [-0.1, -0.05) is 0 Å². The Morgan fingerprint density at radius 2 is 1.24 bits per heavy atom. The lowest BCUT2D eigenvalue weighted by molar-refractivity contribution is 0.0390. The van der Waals surface area contributed by atoms with Gasteiger partial charge in [0.05, 0.1) is 11.3 Å². The average molecular weight is 580 g/mol. The number of nitrogen functional groups attached to an aromatic ring is 2. The maximum absolute atomic E-state index is 13.7. The number of halogens is 6. The summed E-state index contributed by atoms with van der Waals surface area (Å²) in [7, 11) is 0. The molecule has 0 atom stereocenters. The standard InChI is InChI=1S/C14H6F4I2N2O3/c15-7-6(8(16)10(18)12(22)9(7)17)14(24)25-13(23)3-1-4(19)11(21)5(20)2-3/h1-2H,21-22H2. The zero-order chi connectivity index (χ0) is 19.0. The Kier molecular flexibility index (Phi) is 5.75. The zero-order valence-electron chi connectivity index (χ0n) is 11.8. The second-order valence-corrected chi connectivity index (χ2v) is 6.90. The summed E-state index contributed by atoms with van der Waals surface area (Å²) in [4.78, 5) is 23.8. The first-order valence-electron chi connectivity index (χ1n) is 6.18. The highest BCUT2D eigenvalue weighted by molar-refractivity contribution is 14.1. The van der Waals surface area contributed by atoms with Crippen LogP contribution in [0.25, 0.3) is 0 Å². The summed E-state index contributed by atoms with van der Waals surface area (Å²) in [6, 6.07) is 2.54. The fourth-order valence-corrected chi connectivity index (χ4v) is 3.49. The molecule has 0 aromatic heterocycles. The molecule has 25 heavy (non-hydrogen) atoms. The van der Waals surface area contributed by atoms with Crippen molar-refractivity contribution in [3.63, 3.8) is 0 Å². The number of hydrogen-bond donors (Lipinski definition) is 2. The summed E-state index contributed by atoms with van der Waals surface area (Å²) < 4.78 is 59.4. The number of anilines is 2. The van der Waals surface area contributed by atoms with Gasteiger partial charge >= 0.3 is 11.9 Å². The normalized spacial score (nSPS) is 10.6. The largest absolute Gasteiger partial charge is 0.397 e. The molecule has 0 heterocycles. The van der Waals surface area contributed by atoms with Crippen molar-refractivity contribution in [1.82, 2.24) is 0 Å². The van der Waals surface area contributed by atoms with E-state index in [1.807, 2.05) is 45.2 Å². The Balaban J connectivity index is 2.40. The third-order valence-corrected chi connectivity index (χ3v) is 4.79. The molecular formula is C14H6F4I2N2O3. The van der Waals surface area contributed by atoms with Crippen molar-refractivity contribution in [3.05, 3.63) is 53.7 Å². The molecule has 0 radical (unpaired) electrons. The molecule has 0 saturated carbocycles. The van der Waals surface area contributed by atoms with Crippen LogP contribution in [-0.4, -0.2) is 11.9 Å². The number of carbonyl (C=O) groups excluding carboxylic acids is 2. The maximum Gasteiger partial charge on any atom is 0.352 e. The number of benzene rings is 2. The SMILES string of the molecule is Nc1c(I)cc(C(=O)OC(=O)c2c(F)c(F)c(N)c(F)c2F)cc1I. The lowest BCUT2D eigenvalue weighted by Gasteiger charge is -2.09. The van der Waals surface area contributed by atoms with Gasteiger partial charge in [0.15, 0.2) is 23.3 Å². The minimum Gasteiger partial charge on any atom is -0.397 e. The van der Waals surface area contributed by atoms with Gasteiger partial charge in [-0.25, -0.2) is 27.2 Å². The van der Waals surface area contributed by atoms with Gasteiger partial charge in [0, 0.05) is 7.14 Å². The van der Waals surface area contributed by atoms with Gasteiger partial charge in [-0.05, 0) is 57.3 Å². The monoisotopic (exact) mass is 580 g/mol. The first-order valence-corrected chi connectivity index (χ1v) is 8.34. The molecule has 2 rings (SSSR count). The molecule has 0 fully saturated rings. The average Bonchev–Trinajstić information content (AvgIpc) is 2.55. The van der Waals surface area contributed by atoms with E-state index in [0.717, 1.165) is 0 Å². The fourth-order valence-electron chi connectivity index (χ4n) is 1.72. The predicted molar refractivity (Wildman–Crippen MR) is 96.7 cm³/mol. The molecule has 5 nitrogen and oxygen atoms in total. The molecule has 0 saturated heterocycles. The summed E-state index contributed by atoms with van der Waals surface area (Å²) in [5.74, 6) is -11.2. The molecular weight excluding hydrogens is 574 g/mol. The van der Waals surface area contributed by atoms with E-state index in [0.29, 0.717) is 12.8 Å². The van der Waals surface area contributed by atoms with Gasteiger partial charge in [-0.2, -0.15) is 0 Å². The molecule has 0 aliphatic rings. The topological polar surface area (TPSA) is 95.4 Å². The Labute approximate surface area is 165 Å². The van der Waals surface area contributed by atoms with E-state index in [4.69, 9.17) is 11.5 Å². The molecule has 0 amide bonds. The minimum absolute atomic E-state index is 0.145. The van der Waals surface area contributed by atoms with E-state index in [9.17, 15) is 27.2 Å². The molecule has 2 aromatic carbocycles. The molecule has 0 aliphatic heterocycles.